The van der Waals surface area contributed by atoms with Gasteiger partial charge in [-0.15, -0.1) is 0 Å². The summed E-state index contributed by atoms with van der Waals surface area (Å²) in [6.07, 6.45) is 1.46. The number of carboxylic acids is 1. The number of nitrogens with zero attached hydrogens (tertiary/aromatic N) is 3. The van der Waals surface area contributed by atoms with Crippen LogP contribution in [0.15, 0.2) is 24.4 Å². The van der Waals surface area contributed by atoms with E-state index in [0.717, 1.165) is 0 Å². The Hall–Kier alpha value is -2.57. The minimum absolute atomic E-state index is 0.130. The summed E-state index contributed by atoms with van der Waals surface area (Å²) in [4.78, 5) is 15.0. The van der Waals surface area contributed by atoms with Gasteiger partial charge in [-0.3, -0.25) is 4.68 Å². The second-order valence-corrected chi connectivity index (χ2v) is 3.61. The van der Waals surface area contributed by atoms with Crippen molar-refractivity contribution >= 4 is 11.7 Å². The number of nitrogen functional groups attached to an aromatic ring is 1. The smallest absolute Gasteiger partial charge is 0.358 e. The van der Waals surface area contributed by atoms with Crippen LogP contribution in [-0.4, -0.2) is 33.0 Å². The average molecular weight is 248 g/mol. The van der Waals surface area contributed by atoms with Gasteiger partial charge in [0.1, 0.15) is 0 Å². The van der Waals surface area contributed by atoms with Gasteiger partial charge in [-0.05, 0) is 6.07 Å². The topological polar surface area (TPSA) is 103 Å². The van der Waals surface area contributed by atoms with Crippen molar-refractivity contribution in [2.75, 3.05) is 12.8 Å². The number of carboxylic acid groups (broad SMARTS) is 1. The lowest BCUT2D eigenvalue weighted by Gasteiger charge is -2.03. The highest BCUT2D eigenvalue weighted by Gasteiger charge is 2.13. The Morgan fingerprint density at radius 3 is 2.94 bits per heavy atom. The first-order valence-electron chi connectivity index (χ1n) is 5.16. The predicted octanol–water partition coefficient (Wildman–Crippen LogP) is 0.615. The van der Waals surface area contributed by atoms with Crippen LogP contribution in [0, 0.1) is 0 Å². The summed E-state index contributed by atoms with van der Waals surface area (Å²) in [6, 6.07) is 5.32. The summed E-state index contributed by atoms with van der Waals surface area (Å²) in [7, 11) is 1.53. The van der Waals surface area contributed by atoms with E-state index in [-0.39, 0.29) is 11.4 Å². The summed E-state index contributed by atoms with van der Waals surface area (Å²) in [5.74, 6) is -0.657. The van der Waals surface area contributed by atoms with Crippen LogP contribution in [0.4, 0.5) is 5.69 Å². The molecule has 0 aliphatic heterocycles. The molecular formula is C11H12N4O3. The molecule has 94 valence electrons. The molecule has 18 heavy (non-hydrogen) atoms. The monoisotopic (exact) mass is 248 g/mol. The van der Waals surface area contributed by atoms with Crippen LogP contribution in [-0.2, 0) is 6.54 Å². The van der Waals surface area contributed by atoms with E-state index < -0.39 is 5.97 Å². The molecule has 0 amide bonds. The van der Waals surface area contributed by atoms with Crippen LogP contribution in [0.2, 0.25) is 0 Å². The lowest BCUT2D eigenvalue weighted by atomic mass is 10.3. The third-order valence-electron chi connectivity index (χ3n) is 2.31. The minimum Gasteiger partial charge on any atom is -0.481 e. The number of rotatable bonds is 4. The zero-order chi connectivity index (χ0) is 13.1. The first-order chi connectivity index (χ1) is 8.60. The molecule has 0 aliphatic rings. The maximum Gasteiger partial charge on any atom is 0.358 e. The van der Waals surface area contributed by atoms with Crippen molar-refractivity contribution in [2.45, 2.75) is 6.54 Å². The van der Waals surface area contributed by atoms with Crippen molar-refractivity contribution in [1.82, 2.24) is 14.8 Å². The molecule has 0 saturated carbocycles. The second kappa shape index (κ2) is 4.74. The van der Waals surface area contributed by atoms with Gasteiger partial charge in [-0.1, -0.05) is 6.07 Å². The van der Waals surface area contributed by atoms with Crippen molar-refractivity contribution < 1.29 is 14.6 Å². The SMILES string of the molecule is COc1cccc(Cn2cc(N)c(C(=O)O)n2)n1. The number of pyridine rings is 1. The molecule has 2 heterocycles. The first kappa shape index (κ1) is 11.9. The zero-order valence-electron chi connectivity index (χ0n) is 9.70. The summed E-state index contributed by atoms with van der Waals surface area (Å²) in [5.41, 5.74) is 6.22. The van der Waals surface area contributed by atoms with Crippen molar-refractivity contribution in [3.05, 3.63) is 35.8 Å². The predicted molar refractivity (Wildman–Crippen MR) is 63.5 cm³/mol. The largest absolute Gasteiger partial charge is 0.481 e. The van der Waals surface area contributed by atoms with E-state index in [1.54, 1.807) is 18.2 Å². The maximum absolute atomic E-state index is 10.8. The van der Waals surface area contributed by atoms with Crippen LogP contribution in [0.3, 0.4) is 0 Å². The highest BCUT2D eigenvalue weighted by atomic mass is 16.5. The summed E-state index contributed by atoms with van der Waals surface area (Å²) < 4.78 is 6.43. The van der Waals surface area contributed by atoms with Gasteiger partial charge < -0.3 is 15.6 Å². The molecule has 0 atom stereocenters. The number of ether oxygens (including phenoxy) is 1. The van der Waals surface area contributed by atoms with Gasteiger partial charge in [0.05, 0.1) is 25.0 Å². The van der Waals surface area contributed by atoms with Crippen molar-refractivity contribution in [3.8, 4) is 5.88 Å². The third kappa shape index (κ3) is 2.40. The van der Waals surface area contributed by atoms with Crippen LogP contribution < -0.4 is 10.5 Å². The van der Waals surface area contributed by atoms with E-state index >= 15 is 0 Å². The van der Waals surface area contributed by atoms with Crippen LogP contribution in [0.5, 0.6) is 5.88 Å². The van der Waals surface area contributed by atoms with Gasteiger partial charge in [-0.2, -0.15) is 5.10 Å². The fraction of sp³-hybridized carbons (Fsp3) is 0.182. The van der Waals surface area contributed by atoms with Gasteiger partial charge in [-0.25, -0.2) is 9.78 Å². The Morgan fingerprint density at radius 1 is 1.56 bits per heavy atom. The second-order valence-electron chi connectivity index (χ2n) is 3.61. The van der Waals surface area contributed by atoms with Crippen LogP contribution >= 0.6 is 0 Å². The highest BCUT2D eigenvalue weighted by Crippen LogP contribution is 2.12. The molecule has 3 N–H and O–H groups in total. The lowest BCUT2D eigenvalue weighted by molar-refractivity contribution is 0.0690. The average Bonchev–Trinajstić information content (AvgIpc) is 2.70. The van der Waals surface area contributed by atoms with E-state index in [1.165, 1.54) is 18.0 Å². The Kier molecular flexibility index (Phi) is 3.13. The number of nitrogens with two attached hydrogens (primary N) is 1. The number of methoxy groups -OCH3 is 1. The van der Waals surface area contributed by atoms with Gasteiger partial charge in [0.15, 0.2) is 5.69 Å². The summed E-state index contributed by atoms with van der Waals surface area (Å²) in [5, 5.41) is 12.7. The van der Waals surface area contributed by atoms with E-state index in [9.17, 15) is 4.79 Å². The third-order valence-corrected chi connectivity index (χ3v) is 2.31. The Bertz CT molecular complexity index is 579. The molecule has 0 saturated heterocycles. The van der Waals surface area contributed by atoms with E-state index in [1.807, 2.05) is 0 Å². The summed E-state index contributed by atoms with van der Waals surface area (Å²) >= 11 is 0. The molecule has 2 aromatic heterocycles. The standard InChI is InChI=1S/C11H12N4O3/c1-18-9-4-2-3-7(13-9)5-15-6-8(12)10(14-15)11(16)17/h2-4,6H,5,12H2,1H3,(H,16,17). The van der Waals surface area contributed by atoms with Gasteiger partial charge in [0.2, 0.25) is 5.88 Å². The van der Waals surface area contributed by atoms with Gasteiger partial charge >= 0.3 is 5.97 Å². The Labute approximate surface area is 103 Å². The normalized spacial score (nSPS) is 10.3. The van der Waals surface area contributed by atoms with Crippen molar-refractivity contribution in [3.63, 3.8) is 0 Å². The summed E-state index contributed by atoms with van der Waals surface area (Å²) in [6.45, 7) is 0.328. The quantitative estimate of drug-likeness (QED) is 0.821. The number of anilines is 1. The Balaban J connectivity index is 2.23. The fourth-order valence-electron chi connectivity index (χ4n) is 1.51. The van der Waals surface area contributed by atoms with Gasteiger partial charge in [0, 0.05) is 12.3 Å². The van der Waals surface area contributed by atoms with Crippen LogP contribution in [0.1, 0.15) is 16.2 Å². The molecule has 0 radical (unpaired) electrons. The number of carbonyl (C=O) groups is 1. The van der Waals surface area contributed by atoms with Gasteiger partial charge in [0.25, 0.3) is 0 Å². The minimum atomic E-state index is -1.15. The van der Waals surface area contributed by atoms with E-state index in [2.05, 4.69) is 10.1 Å². The molecule has 7 heteroatoms. The lowest BCUT2D eigenvalue weighted by Crippen LogP contribution is -2.05. The van der Waals surface area contributed by atoms with E-state index in [4.69, 9.17) is 15.6 Å². The highest BCUT2D eigenvalue weighted by molar-refractivity contribution is 5.91. The molecule has 0 bridgehead atoms. The zero-order valence-corrected chi connectivity index (χ0v) is 9.70. The number of aromatic nitrogens is 3. The molecule has 0 unspecified atom stereocenters. The van der Waals surface area contributed by atoms with Crippen molar-refractivity contribution in [1.29, 1.82) is 0 Å². The van der Waals surface area contributed by atoms with Crippen LogP contribution in [0.25, 0.3) is 0 Å². The molecule has 0 aliphatic carbocycles. The van der Waals surface area contributed by atoms with Crippen molar-refractivity contribution in [2.24, 2.45) is 0 Å². The molecule has 0 fully saturated rings. The molecule has 0 spiro atoms. The molecule has 2 aromatic rings. The number of aromatic carboxylic acids is 1. The maximum atomic E-state index is 10.8. The molecular weight excluding hydrogens is 236 g/mol. The molecule has 2 rings (SSSR count). The number of hydrogen-bond acceptors (Lipinski definition) is 5. The number of hydrogen-bond donors (Lipinski definition) is 2. The molecule has 7 nitrogen and oxygen atoms in total. The Morgan fingerprint density at radius 2 is 2.33 bits per heavy atom. The first-order valence-corrected chi connectivity index (χ1v) is 5.16. The molecule has 0 aromatic carbocycles. The fourth-order valence-corrected chi connectivity index (χ4v) is 1.51. The van der Waals surface area contributed by atoms with E-state index in [0.29, 0.717) is 18.1 Å².